The van der Waals surface area contributed by atoms with E-state index in [1.54, 1.807) is 0 Å². The van der Waals surface area contributed by atoms with E-state index in [9.17, 15) is 0 Å². The standard InChI is InChI=1S/C24H20N4/c1-2-7-19-18(6-1)23-21(24-20(27-23)8-5-13-25-24)22(26-19)16-9-11-17(12-10-16)28-14-3-4-15-28/h1-2,5-13,27H,3-4,14-15H2. The molecule has 4 nitrogen and oxygen atoms in total. The molecule has 1 aliphatic rings. The number of pyridine rings is 2. The van der Waals surface area contributed by atoms with Crippen LogP contribution in [0.4, 0.5) is 5.69 Å². The molecule has 0 amide bonds. The van der Waals surface area contributed by atoms with Crippen molar-refractivity contribution in [3.8, 4) is 11.3 Å². The topological polar surface area (TPSA) is 44.8 Å². The van der Waals surface area contributed by atoms with Crippen molar-refractivity contribution in [2.75, 3.05) is 18.0 Å². The molecule has 136 valence electrons. The van der Waals surface area contributed by atoms with E-state index >= 15 is 0 Å². The number of fused-ring (bicyclic) bond motifs is 5. The summed E-state index contributed by atoms with van der Waals surface area (Å²) in [6, 6.07) is 21.2. The summed E-state index contributed by atoms with van der Waals surface area (Å²) in [7, 11) is 0. The lowest BCUT2D eigenvalue weighted by Crippen LogP contribution is -2.17. The summed E-state index contributed by atoms with van der Waals surface area (Å²) in [5, 5.41) is 2.23. The van der Waals surface area contributed by atoms with Crippen molar-refractivity contribution in [2.24, 2.45) is 0 Å². The fourth-order valence-corrected chi connectivity index (χ4v) is 4.43. The van der Waals surface area contributed by atoms with Crippen LogP contribution in [0.25, 0.3) is 44.1 Å². The Morgan fingerprint density at radius 1 is 0.857 bits per heavy atom. The van der Waals surface area contributed by atoms with Gasteiger partial charge in [-0.25, -0.2) is 4.98 Å². The third kappa shape index (κ3) is 2.31. The van der Waals surface area contributed by atoms with Gasteiger partial charge in [-0.3, -0.25) is 4.98 Å². The number of hydrogen-bond donors (Lipinski definition) is 1. The van der Waals surface area contributed by atoms with Crippen molar-refractivity contribution in [3.05, 3.63) is 66.9 Å². The van der Waals surface area contributed by atoms with Crippen molar-refractivity contribution in [1.82, 2.24) is 15.0 Å². The first-order chi connectivity index (χ1) is 13.9. The summed E-state index contributed by atoms with van der Waals surface area (Å²) in [5.74, 6) is 0. The van der Waals surface area contributed by atoms with Gasteiger partial charge in [0.25, 0.3) is 0 Å². The van der Waals surface area contributed by atoms with Gasteiger partial charge >= 0.3 is 0 Å². The first-order valence-corrected chi connectivity index (χ1v) is 9.89. The number of benzene rings is 2. The lowest BCUT2D eigenvalue weighted by atomic mass is 10.0. The van der Waals surface area contributed by atoms with Gasteiger partial charge in [-0.1, -0.05) is 30.3 Å². The van der Waals surface area contributed by atoms with Crippen molar-refractivity contribution >= 4 is 38.5 Å². The maximum absolute atomic E-state index is 5.05. The number of anilines is 1. The number of nitrogens with zero attached hydrogens (tertiary/aromatic N) is 3. The Morgan fingerprint density at radius 3 is 2.54 bits per heavy atom. The van der Waals surface area contributed by atoms with Gasteiger partial charge < -0.3 is 9.88 Å². The highest BCUT2D eigenvalue weighted by molar-refractivity contribution is 6.19. The average molecular weight is 364 g/mol. The van der Waals surface area contributed by atoms with Gasteiger partial charge in [0.05, 0.1) is 33.1 Å². The van der Waals surface area contributed by atoms with Crippen LogP contribution in [-0.4, -0.2) is 28.0 Å². The Bertz CT molecular complexity index is 1310. The molecule has 0 radical (unpaired) electrons. The molecule has 4 heteroatoms. The number of hydrogen-bond acceptors (Lipinski definition) is 3. The number of H-pyrrole nitrogens is 1. The van der Waals surface area contributed by atoms with E-state index in [0.29, 0.717) is 0 Å². The van der Waals surface area contributed by atoms with Gasteiger partial charge in [0.1, 0.15) is 0 Å². The maximum Gasteiger partial charge on any atom is 0.0979 e. The highest BCUT2D eigenvalue weighted by Gasteiger charge is 2.17. The molecule has 1 saturated heterocycles. The van der Waals surface area contributed by atoms with Gasteiger partial charge in [-0.15, -0.1) is 0 Å². The summed E-state index contributed by atoms with van der Waals surface area (Å²) in [4.78, 5) is 15.7. The molecule has 5 aromatic rings. The Morgan fingerprint density at radius 2 is 1.68 bits per heavy atom. The van der Waals surface area contributed by atoms with Crippen LogP contribution in [0.15, 0.2) is 66.9 Å². The third-order valence-electron chi connectivity index (χ3n) is 5.81. The summed E-state index contributed by atoms with van der Waals surface area (Å²) < 4.78 is 0. The molecule has 0 spiro atoms. The number of aromatic amines is 1. The largest absolute Gasteiger partial charge is 0.372 e. The van der Waals surface area contributed by atoms with Gasteiger partial charge in [0.2, 0.25) is 0 Å². The summed E-state index contributed by atoms with van der Waals surface area (Å²) >= 11 is 0. The predicted molar refractivity (Wildman–Crippen MR) is 116 cm³/mol. The molecular formula is C24H20N4. The molecule has 0 saturated carbocycles. The van der Waals surface area contributed by atoms with Crippen molar-refractivity contribution < 1.29 is 0 Å². The molecule has 4 heterocycles. The quantitative estimate of drug-likeness (QED) is 0.448. The van der Waals surface area contributed by atoms with Gasteiger partial charge in [0, 0.05) is 35.9 Å². The normalized spacial score (nSPS) is 14.5. The van der Waals surface area contributed by atoms with Crippen LogP contribution < -0.4 is 4.90 Å². The first kappa shape index (κ1) is 15.6. The molecular weight excluding hydrogens is 344 g/mol. The summed E-state index contributed by atoms with van der Waals surface area (Å²) in [5.41, 5.74) is 7.56. The number of para-hydroxylation sites is 1. The van der Waals surface area contributed by atoms with E-state index in [0.717, 1.165) is 57.2 Å². The number of rotatable bonds is 2. The molecule has 2 aromatic carbocycles. The van der Waals surface area contributed by atoms with Crippen LogP contribution in [0.1, 0.15) is 12.8 Å². The van der Waals surface area contributed by atoms with Crippen molar-refractivity contribution in [2.45, 2.75) is 12.8 Å². The highest BCUT2D eigenvalue weighted by Crippen LogP contribution is 2.36. The zero-order valence-corrected chi connectivity index (χ0v) is 15.5. The van der Waals surface area contributed by atoms with Crippen molar-refractivity contribution in [1.29, 1.82) is 0 Å². The van der Waals surface area contributed by atoms with Gasteiger partial charge in [-0.05, 0) is 43.2 Å². The predicted octanol–water partition coefficient (Wildman–Crippen LogP) is 5.53. The Labute approximate surface area is 162 Å². The van der Waals surface area contributed by atoms with E-state index in [2.05, 4.69) is 63.4 Å². The maximum atomic E-state index is 5.05. The second-order valence-electron chi connectivity index (χ2n) is 7.49. The van der Waals surface area contributed by atoms with Crippen LogP contribution in [0.3, 0.4) is 0 Å². The molecule has 3 aromatic heterocycles. The fourth-order valence-electron chi connectivity index (χ4n) is 4.43. The van der Waals surface area contributed by atoms with Crippen LogP contribution >= 0.6 is 0 Å². The second kappa shape index (κ2) is 6.06. The molecule has 1 aliphatic heterocycles. The number of aromatic nitrogens is 3. The fraction of sp³-hybridized carbons (Fsp3) is 0.167. The Kier molecular flexibility index (Phi) is 3.38. The van der Waals surface area contributed by atoms with E-state index in [-0.39, 0.29) is 0 Å². The van der Waals surface area contributed by atoms with Gasteiger partial charge in [0.15, 0.2) is 0 Å². The summed E-state index contributed by atoms with van der Waals surface area (Å²) in [6.45, 7) is 2.31. The Hall–Kier alpha value is -3.40. The SMILES string of the molecule is c1ccc2c(c1)nc(-c1ccc(N3CCCC3)cc1)c1c3ncccc3[nH]c21. The van der Waals surface area contributed by atoms with E-state index in [4.69, 9.17) is 4.98 Å². The van der Waals surface area contributed by atoms with Crippen molar-refractivity contribution in [3.63, 3.8) is 0 Å². The van der Waals surface area contributed by atoms with Crippen LogP contribution in [0, 0.1) is 0 Å². The monoisotopic (exact) mass is 364 g/mol. The number of nitrogens with one attached hydrogen (secondary N) is 1. The molecule has 0 unspecified atom stereocenters. The molecule has 0 bridgehead atoms. The van der Waals surface area contributed by atoms with E-state index < -0.39 is 0 Å². The van der Waals surface area contributed by atoms with E-state index in [1.165, 1.54) is 18.5 Å². The Balaban J connectivity index is 1.62. The highest BCUT2D eigenvalue weighted by atomic mass is 15.1. The smallest absolute Gasteiger partial charge is 0.0979 e. The van der Waals surface area contributed by atoms with Gasteiger partial charge in [-0.2, -0.15) is 0 Å². The lowest BCUT2D eigenvalue weighted by Gasteiger charge is -2.17. The second-order valence-corrected chi connectivity index (χ2v) is 7.49. The summed E-state index contributed by atoms with van der Waals surface area (Å²) in [6.07, 6.45) is 4.43. The lowest BCUT2D eigenvalue weighted by molar-refractivity contribution is 0.949. The van der Waals surface area contributed by atoms with Crippen LogP contribution in [-0.2, 0) is 0 Å². The molecule has 6 rings (SSSR count). The minimum absolute atomic E-state index is 0.981. The molecule has 1 fully saturated rings. The average Bonchev–Trinajstić information content (AvgIpc) is 3.42. The zero-order valence-electron chi connectivity index (χ0n) is 15.5. The van der Waals surface area contributed by atoms with Crippen LogP contribution in [0.2, 0.25) is 0 Å². The molecule has 0 aliphatic carbocycles. The van der Waals surface area contributed by atoms with Crippen LogP contribution in [0.5, 0.6) is 0 Å². The minimum atomic E-state index is 0.981. The first-order valence-electron chi connectivity index (χ1n) is 9.89. The van der Waals surface area contributed by atoms with E-state index in [1.807, 2.05) is 18.3 Å². The molecule has 28 heavy (non-hydrogen) atoms. The molecule has 1 N–H and O–H groups in total. The molecule has 0 atom stereocenters. The zero-order chi connectivity index (χ0) is 18.5. The third-order valence-corrected chi connectivity index (χ3v) is 5.81. The minimum Gasteiger partial charge on any atom is -0.372 e.